The highest BCUT2D eigenvalue weighted by atomic mass is 16.5. The standard InChI is InChI=1S/C27H52O2/c1-4-5-6-7-8-9-10-11-12-13-14-15-16-17-21-24-27(28)29-25-22-19-18-20-23-26(2)3/h11-12,26H,4-10,13-25H2,1-3H3. The zero-order valence-corrected chi connectivity index (χ0v) is 20.2. The zero-order chi connectivity index (χ0) is 21.4. The van der Waals surface area contributed by atoms with Crippen LogP contribution < -0.4 is 0 Å². The number of esters is 1. The first-order valence-corrected chi connectivity index (χ1v) is 13.0. The molecular weight excluding hydrogens is 356 g/mol. The van der Waals surface area contributed by atoms with Gasteiger partial charge in [0.15, 0.2) is 0 Å². The van der Waals surface area contributed by atoms with Gasteiger partial charge in [0.25, 0.3) is 0 Å². The molecule has 2 nitrogen and oxygen atoms in total. The highest BCUT2D eigenvalue weighted by Gasteiger charge is 2.02. The smallest absolute Gasteiger partial charge is 0.305 e. The summed E-state index contributed by atoms with van der Waals surface area (Å²) < 4.78 is 5.34. The number of rotatable bonds is 22. The van der Waals surface area contributed by atoms with Crippen molar-refractivity contribution in [3.05, 3.63) is 12.2 Å². The van der Waals surface area contributed by atoms with E-state index in [1.165, 1.54) is 96.3 Å². The molecule has 0 aliphatic rings. The summed E-state index contributed by atoms with van der Waals surface area (Å²) in [6.07, 6.45) is 28.2. The molecule has 0 radical (unpaired) electrons. The summed E-state index contributed by atoms with van der Waals surface area (Å²) in [5.41, 5.74) is 0. The Kier molecular flexibility index (Phi) is 22.8. The van der Waals surface area contributed by atoms with Crippen LogP contribution in [-0.2, 0) is 9.53 Å². The molecule has 0 aromatic carbocycles. The second kappa shape index (κ2) is 23.5. The number of carbonyl (C=O) groups excluding carboxylic acids is 1. The predicted molar refractivity (Wildman–Crippen MR) is 128 cm³/mol. The third kappa shape index (κ3) is 25.2. The van der Waals surface area contributed by atoms with E-state index < -0.39 is 0 Å². The van der Waals surface area contributed by atoms with E-state index in [9.17, 15) is 4.79 Å². The first-order chi connectivity index (χ1) is 14.2. The molecule has 0 saturated carbocycles. The van der Waals surface area contributed by atoms with Crippen LogP contribution in [0.25, 0.3) is 0 Å². The van der Waals surface area contributed by atoms with Crippen molar-refractivity contribution in [1.29, 1.82) is 0 Å². The van der Waals surface area contributed by atoms with Crippen molar-refractivity contribution < 1.29 is 9.53 Å². The largest absolute Gasteiger partial charge is 0.466 e. The first kappa shape index (κ1) is 28.2. The van der Waals surface area contributed by atoms with Crippen LogP contribution in [0.1, 0.15) is 143 Å². The Labute approximate surface area is 183 Å². The summed E-state index contributed by atoms with van der Waals surface area (Å²) in [5, 5.41) is 0. The van der Waals surface area contributed by atoms with Gasteiger partial charge in [0.1, 0.15) is 0 Å². The van der Waals surface area contributed by atoms with E-state index in [0.29, 0.717) is 13.0 Å². The predicted octanol–water partition coefficient (Wildman–Crippen LogP) is 9.17. The minimum atomic E-state index is 0.00445. The third-order valence-electron chi connectivity index (χ3n) is 5.58. The lowest BCUT2D eigenvalue weighted by Crippen LogP contribution is -2.05. The summed E-state index contributed by atoms with van der Waals surface area (Å²) in [6.45, 7) is 7.44. The van der Waals surface area contributed by atoms with Crippen molar-refractivity contribution in [2.75, 3.05) is 6.61 Å². The molecule has 0 aliphatic heterocycles. The average molecular weight is 409 g/mol. The van der Waals surface area contributed by atoms with Gasteiger partial charge in [-0.1, -0.05) is 110 Å². The van der Waals surface area contributed by atoms with Gasteiger partial charge in [-0.3, -0.25) is 4.79 Å². The topological polar surface area (TPSA) is 26.3 Å². The maximum Gasteiger partial charge on any atom is 0.305 e. The van der Waals surface area contributed by atoms with E-state index in [1.54, 1.807) is 0 Å². The Hall–Kier alpha value is -0.790. The molecule has 0 rings (SSSR count). The second-order valence-corrected chi connectivity index (χ2v) is 9.15. The van der Waals surface area contributed by atoms with Crippen LogP contribution in [0.4, 0.5) is 0 Å². The van der Waals surface area contributed by atoms with Gasteiger partial charge in [-0.2, -0.15) is 0 Å². The van der Waals surface area contributed by atoms with Gasteiger partial charge in [0, 0.05) is 6.42 Å². The van der Waals surface area contributed by atoms with Gasteiger partial charge in [-0.05, 0) is 44.4 Å². The Morgan fingerprint density at radius 3 is 1.83 bits per heavy atom. The summed E-state index contributed by atoms with van der Waals surface area (Å²) in [6, 6.07) is 0. The van der Waals surface area contributed by atoms with Crippen molar-refractivity contribution in [3.8, 4) is 0 Å². The van der Waals surface area contributed by atoms with Gasteiger partial charge in [-0.25, -0.2) is 0 Å². The van der Waals surface area contributed by atoms with E-state index in [2.05, 4.69) is 32.9 Å². The van der Waals surface area contributed by atoms with Crippen LogP contribution in [0.3, 0.4) is 0 Å². The van der Waals surface area contributed by atoms with E-state index in [1.807, 2.05) is 0 Å². The maximum atomic E-state index is 11.7. The average Bonchev–Trinajstić information content (AvgIpc) is 2.70. The fourth-order valence-electron chi connectivity index (χ4n) is 3.61. The van der Waals surface area contributed by atoms with Crippen LogP contribution in [0.15, 0.2) is 12.2 Å². The first-order valence-electron chi connectivity index (χ1n) is 13.0. The van der Waals surface area contributed by atoms with Crippen LogP contribution in [-0.4, -0.2) is 12.6 Å². The molecule has 172 valence electrons. The molecule has 0 unspecified atom stereocenters. The monoisotopic (exact) mass is 408 g/mol. The van der Waals surface area contributed by atoms with Gasteiger partial charge in [0.05, 0.1) is 6.61 Å². The number of ether oxygens (including phenoxy) is 1. The number of carbonyl (C=O) groups is 1. The molecule has 0 atom stereocenters. The summed E-state index contributed by atoms with van der Waals surface area (Å²) in [5.74, 6) is 0.809. The van der Waals surface area contributed by atoms with Crippen LogP contribution in [0.2, 0.25) is 0 Å². The molecule has 0 aromatic rings. The molecule has 0 amide bonds. The number of unbranched alkanes of at least 4 members (excludes halogenated alkanes) is 14. The molecule has 0 N–H and O–H groups in total. The highest BCUT2D eigenvalue weighted by molar-refractivity contribution is 5.69. The third-order valence-corrected chi connectivity index (χ3v) is 5.58. The van der Waals surface area contributed by atoms with Crippen molar-refractivity contribution in [2.24, 2.45) is 5.92 Å². The Balaban J connectivity index is 3.21. The quantitative estimate of drug-likeness (QED) is 0.101. The van der Waals surface area contributed by atoms with E-state index in [4.69, 9.17) is 4.74 Å². The normalized spacial score (nSPS) is 11.6. The van der Waals surface area contributed by atoms with Gasteiger partial charge >= 0.3 is 5.97 Å². The number of hydrogen-bond acceptors (Lipinski definition) is 2. The lowest BCUT2D eigenvalue weighted by Gasteiger charge is -2.06. The lowest BCUT2D eigenvalue weighted by molar-refractivity contribution is -0.143. The molecule has 0 fully saturated rings. The van der Waals surface area contributed by atoms with Gasteiger partial charge < -0.3 is 4.74 Å². The number of allylic oxidation sites excluding steroid dienone is 2. The fraction of sp³-hybridized carbons (Fsp3) is 0.889. The Morgan fingerprint density at radius 2 is 1.21 bits per heavy atom. The molecule has 29 heavy (non-hydrogen) atoms. The minimum Gasteiger partial charge on any atom is -0.466 e. The molecule has 0 aromatic heterocycles. The van der Waals surface area contributed by atoms with Crippen molar-refractivity contribution in [1.82, 2.24) is 0 Å². The summed E-state index contributed by atoms with van der Waals surface area (Å²) in [7, 11) is 0. The van der Waals surface area contributed by atoms with Crippen LogP contribution >= 0.6 is 0 Å². The van der Waals surface area contributed by atoms with Crippen LogP contribution in [0, 0.1) is 5.92 Å². The van der Waals surface area contributed by atoms with Gasteiger partial charge in [0.2, 0.25) is 0 Å². The molecule has 0 saturated heterocycles. The zero-order valence-electron chi connectivity index (χ0n) is 20.2. The van der Waals surface area contributed by atoms with Crippen LogP contribution in [0.5, 0.6) is 0 Å². The number of hydrogen-bond donors (Lipinski definition) is 0. The van der Waals surface area contributed by atoms with Crippen molar-refractivity contribution >= 4 is 5.97 Å². The van der Waals surface area contributed by atoms with Crippen molar-refractivity contribution in [3.63, 3.8) is 0 Å². The molecule has 0 bridgehead atoms. The lowest BCUT2D eigenvalue weighted by atomic mass is 10.0. The molecular formula is C27H52O2. The summed E-state index contributed by atoms with van der Waals surface area (Å²) >= 11 is 0. The highest BCUT2D eigenvalue weighted by Crippen LogP contribution is 2.11. The van der Waals surface area contributed by atoms with E-state index in [0.717, 1.165) is 25.2 Å². The fourth-order valence-corrected chi connectivity index (χ4v) is 3.61. The molecule has 2 heteroatoms. The molecule has 0 spiro atoms. The SMILES string of the molecule is CCCCCCCCC=CCCCCCCCC(=O)OCCCCCCC(C)C. The molecule has 0 aliphatic carbocycles. The Morgan fingerprint density at radius 1 is 0.690 bits per heavy atom. The molecule has 0 heterocycles. The van der Waals surface area contributed by atoms with E-state index in [-0.39, 0.29) is 5.97 Å². The summed E-state index contributed by atoms with van der Waals surface area (Å²) in [4.78, 5) is 11.7. The minimum absolute atomic E-state index is 0.00445. The maximum absolute atomic E-state index is 11.7. The van der Waals surface area contributed by atoms with Crippen molar-refractivity contribution in [2.45, 2.75) is 143 Å². The second-order valence-electron chi connectivity index (χ2n) is 9.15. The Bertz CT molecular complexity index is 360. The van der Waals surface area contributed by atoms with E-state index >= 15 is 0 Å². The van der Waals surface area contributed by atoms with Gasteiger partial charge in [-0.15, -0.1) is 0 Å².